The average molecular weight is 762 g/mol. The van der Waals surface area contributed by atoms with Crippen LogP contribution in [0.25, 0.3) is 20.8 Å². The maximum absolute atomic E-state index is 15.0. The molecule has 3 amide bonds. The SMILES string of the molecule is CC(C)C(NC(=O)OC(C)(C)C)C(=O)OCCN1CCN(Cc2ccc(-c3cc4nccc(Oc5ccc(NC(=O)NC6CC6)cc5F)c4s3)nc2)CC1. The lowest BCUT2D eigenvalue weighted by Crippen LogP contribution is -2.49. The number of amides is 3. The van der Waals surface area contributed by atoms with Crippen LogP contribution < -0.4 is 20.7 Å². The van der Waals surface area contributed by atoms with Crippen LogP contribution in [-0.4, -0.2) is 94.9 Å². The fraction of sp³-hybridized carbons (Fsp3) is 0.462. The van der Waals surface area contributed by atoms with Gasteiger partial charge in [-0.3, -0.25) is 19.8 Å². The number of carbonyl (C=O) groups excluding carboxylic acids is 3. The van der Waals surface area contributed by atoms with E-state index in [-0.39, 0.29) is 30.3 Å². The number of hydrogen-bond acceptors (Lipinski definition) is 11. The first kappa shape index (κ1) is 38.9. The van der Waals surface area contributed by atoms with E-state index in [2.05, 4.69) is 36.8 Å². The number of halogens is 1. The predicted octanol–water partition coefficient (Wildman–Crippen LogP) is 6.78. The third-order valence-corrected chi connectivity index (χ3v) is 10.1. The van der Waals surface area contributed by atoms with E-state index in [1.807, 2.05) is 32.2 Å². The summed E-state index contributed by atoms with van der Waals surface area (Å²) in [6.07, 6.45) is 4.81. The standard InChI is InChI=1S/C39H48FN7O6S/c1-24(2)34(45-38(50)53-39(3,4)5)36(48)51-19-18-46-14-16-47(17-15-46)23-25-6-10-29(42-22-25)33-21-30-35(54-33)32(12-13-41-30)52-31-11-9-27(20-28(31)40)44-37(49)43-26-7-8-26/h6,9-13,20-22,24,26,34H,7-8,14-19,23H2,1-5H3,(H,45,50)(H2,43,44,49). The molecule has 1 saturated carbocycles. The quantitative estimate of drug-likeness (QED) is 0.125. The summed E-state index contributed by atoms with van der Waals surface area (Å²) in [7, 11) is 0. The Morgan fingerprint density at radius 1 is 0.981 bits per heavy atom. The van der Waals surface area contributed by atoms with Gasteiger partial charge in [-0.05, 0) is 69.4 Å². The van der Waals surface area contributed by atoms with Crippen LogP contribution in [-0.2, 0) is 20.8 Å². The van der Waals surface area contributed by atoms with Gasteiger partial charge in [0.15, 0.2) is 11.6 Å². The molecule has 4 heterocycles. The topological polar surface area (TPSA) is 147 Å². The number of pyridine rings is 2. The normalized spacial score (nSPS) is 15.8. The van der Waals surface area contributed by atoms with Crippen LogP contribution in [0.5, 0.6) is 11.5 Å². The maximum atomic E-state index is 15.0. The second-order valence-corrected chi connectivity index (χ2v) is 16.0. The lowest BCUT2D eigenvalue weighted by molar-refractivity contribution is -0.148. The molecule has 54 heavy (non-hydrogen) atoms. The summed E-state index contributed by atoms with van der Waals surface area (Å²) >= 11 is 1.47. The highest BCUT2D eigenvalue weighted by atomic mass is 32.1. The van der Waals surface area contributed by atoms with Crippen LogP contribution in [0.3, 0.4) is 0 Å². The molecule has 1 atom stereocenters. The molecule has 15 heteroatoms. The minimum absolute atomic E-state index is 0.0433. The Bertz CT molecular complexity index is 1940. The van der Waals surface area contributed by atoms with Crippen LogP contribution in [0.4, 0.5) is 19.7 Å². The number of ether oxygens (including phenoxy) is 3. The fourth-order valence-corrected chi connectivity index (χ4v) is 6.91. The maximum Gasteiger partial charge on any atom is 0.408 e. The summed E-state index contributed by atoms with van der Waals surface area (Å²) in [5.41, 5.74) is 2.31. The summed E-state index contributed by atoms with van der Waals surface area (Å²) in [6.45, 7) is 14.1. The Hall–Kier alpha value is -4.86. The van der Waals surface area contributed by atoms with Crippen molar-refractivity contribution in [3.05, 3.63) is 66.2 Å². The summed E-state index contributed by atoms with van der Waals surface area (Å²) in [4.78, 5) is 51.8. The van der Waals surface area contributed by atoms with E-state index in [9.17, 15) is 18.8 Å². The van der Waals surface area contributed by atoms with Crippen LogP contribution in [0.15, 0.2) is 54.9 Å². The summed E-state index contributed by atoms with van der Waals surface area (Å²) in [5.74, 6) is -0.682. The van der Waals surface area contributed by atoms with E-state index in [4.69, 9.17) is 19.2 Å². The molecule has 1 saturated heterocycles. The van der Waals surface area contributed by atoms with Gasteiger partial charge in [0.05, 0.1) is 20.8 Å². The van der Waals surface area contributed by atoms with Crippen molar-refractivity contribution >= 4 is 45.3 Å². The average Bonchev–Trinajstić information content (AvgIpc) is 3.81. The zero-order chi connectivity index (χ0) is 38.4. The number of benzene rings is 1. The Morgan fingerprint density at radius 3 is 2.41 bits per heavy atom. The minimum Gasteiger partial charge on any atom is -0.463 e. The van der Waals surface area contributed by atoms with Gasteiger partial charge in [-0.1, -0.05) is 19.9 Å². The van der Waals surface area contributed by atoms with Crippen molar-refractivity contribution in [3.8, 4) is 22.1 Å². The number of carbonyl (C=O) groups is 3. The Labute approximate surface area is 318 Å². The van der Waals surface area contributed by atoms with Gasteiger partial charge in [-0.2, -0.15) is 0 Å². The molecule has 0 spiro atoms. The number of aromatic nitrogens is 2. The molecular weight excluding hydrogens is 714 g/mol. The number of nitrogens with zero attached hydrogens (tertiary/aromatic N) is 4. The third-order valence-electron chi connectivity index (χ3n) is 8.89. The van der Waals surface area contributed by atoms with E-state index in [0.29, 0.717) is 18.0 Å². The molecule has 13 nitrogen and oxygen atoms in total. The van der Waals surface area contributed by atoms with E-state index < -0.39 is 29.5 Å². The van der Waals surface area contributed by atoms with Gasteiger partial charge >= 0.3 is 18.1 Å². The Morgan fingerprint density at radius 2 is 1.74 bits per heavy atom. The fourth-order valence-electron chi connectivity index (χ4n) is 5.87. The summed E-state index contributed by atoms with van der Waals surface area (Å²) < 4.78 is 32.6. The highest BCUT2D eigenvalue weighted by Gasteiger charge is 2.29. The minimum atomic E-state index is -0.782. The van der Waals surface area contributed by atoms with Crippen molar-refractivity contribution in [2.75, 3.05) is 44.6 Å². The third kappa shape index (κ3) is 10.9. The number of urea groups is 1. The number of fused-ring (bicyclic) bond motifs is 1. The number of nitrogens with one attached hydrogen (secondary N) is 3. The molecule has 4 aromatic rings. The van der Waals surface area contributed by atoms with Gasteiger partial charge in [0.2, 0.25) is 0 Å². The predicted molar refractivity (Wildman–Crippen MR) is 205 cm³/mol. The lowest BCUT2D eigenvalue weighted by Gasteiger charge is -2.34. The molecule has 3 N–H and O–H groups in total. The summed E-state index contributed by atoms with van der Waals surface area (Å²) in [5, 5.41) is 8.11. The van der Waals surface area contributed by atoms with Crippen molar-refractivity contribution in [2.24, 2.45) is 5.92 Å². The zero-order valence-corrected chi connectivity index (χ0v) is 32.1. The number of rotatable bonds is 13. The molecule has 1 unspecified atom stereocenters. The Balaban J connectivity index is 0.967. The molecule has 0 radical (unpaired) electrons. The number of esters is 1. The molecule has 1 aliphatic heterocycles. The highest BCUT2D eigenvalue weighted by Crippen LogP contribution is 2.39. The van der Waals surface area contributed by atoms with Crippen molar-refractivity contribution in [2.45, 2.75) is 71.7 Å². The number of alkyl carbamates (subject to hydrolysis) is 1. The lowest BCUT2D eigenvalue weighted by atomic mass is 10.1. The Kier molecular flexibility index (Phi) is 12.3. The largest absolute Gasteiger partial charge is 0.463 e. The van der Waals surface area contributed by atoms with Crippen molar-refractivity contribution < 1.29 is 33.0 Å². The summed E-state index contributed by atoms with van der Waals surface area (Å²) in [6, 6.07) is 11.1. The van der Waals surface area contributed by atoms with Crippen LogP contribution in [0.1, 0.15) is 53.0 Å². The smallest absolute Gasteiger partial charge is 0.408 e. The number of anilines is 1. The second-order valence-electron chi connectivity index (χ2n) is 15.0. The molecule has 6 rings (SSSR count). The molecule has 2 fully saturated rings. The number of hydrogen-bond donors (Lipinski definition) is 3. The first-order valence-electron chi connectivity index (χ1n) is 18.3. The van der Waals surface area contributed by atoms with E-state index >= 15 is 0 Å². The van der Waals surface area contributed by atoms with Crippen molar-refractivity contribution in [3.63, 3.8) is 0 Å². The molecule has 2 aliphatic rings. The molecule has 1 aliphatic carbocycles. The van der Waals surface area contributed by atoms with Crippen LogP contribution in [0, 0.1) is 11.7 Å². The number of piperazine rings is 1. The van der Waals surface area contributed by atoms with Gasteiger partial charge in [0, 0.05) is 75.5 Å². The van der Waals surface area contributed by atoms with Crippen molar-refractivity contribution in [1.82, 2.24) is 30.4 Å². The van der Waals surface area contributed by atoms with Crippen molar-refractivity contribution in [1.29, 1.82) is 0 Å². The van der Waals surface area contributed by atoms with Gasteiger partial charge in [-0.25, -0.2) is 18.8 Å². The molecular formula is C39H48FN7O6S. The molecule has 288 valence electrons. The van der Waals surface area contributed by atoms with E-state index in [1.165, 1.54) is 23.5 Å². The first-order valence-corrected chi connectivity index (χ1v) is 19.1. The zero-order valence-electron chi connectivity index (χ0n) is 31.3. The van der Waals surface area contributed by atoms with Crippen LogP contribution >= 0.6 is 11.3 Å². The van der Waals surface area contributed by atoms with E-state index in [1.54, 1.807) is 39.1 Å². The van der Waals surface area contributed by atoms with Crippen LogP contribution in [0.2, 0.25) is 0 Å². The number of thiophene rings is 1. The molecule has 1 aromatic carbocycles. The first-order chi connectivity index (χ1) is 25.8. The molecule has 3 aromatic heterocycles. The van der Waals surface area contributed by atoms with E-state index in [0.717, 1.165) is 71.9 Å². The second kappa shape index (κ2) is 17.1. The van der Waals surface area contributed by atoms with Gasteiger partial charge in [0.1, 0.15) is 24.0 Å². The van der Waals surface area contributed by atoms with Gasteiger partial charge < -0.3 is 30.2 Å². The monoisotopic (exact) mass is 761 g/mol. The highest BCUT2D eigenvalue weighted by molar-refractivity contribution is 7.22. The van der Waals surface area contributed by atoms with Gasteiger partial charge in [-0.15, -0.1) is 11.3 Å². The van der Waals surface area contributed by atoms with Gasteiger partial charge in [0.25, 0.3) is 0 Å². The molecule has 0 bridgehead atoms.